The van der Waals surface area contributed by atoms with E-state index >= 15 is 0 Å². The summed E-state index contributed by atoms with van der Waals surface area (Å²) < 4.78 is 10.7. The molecule has 0 atom stereocenters. The van der Waals surface area contributed by atoms with Gasteiger partial charge in [0.05, 0.1) is 19.0 Å². The van der Waals surface area contributed by atoms with Crippen molar-refractivity contribution in [1.82, 2.24) is 0 Å². The number of allylic oxidation sites excluding steroid dienone is 1. The summed E-state index contributed by atoms with van der Waals surface area (Å²) in [6, 6.07) is 0. The third-order valence-electron chi connectivity index (χ3n) is 1.93. The Morgan fingerprint density at radius 3 is 2.58 bits per heavy atom. The quantitative estimate of drug-likeness (QED) is 0.466. The molecular formula is C10H18O2. The van der Waals surface area contributed by atoms with E-state index in [-0.39, 0.29) is 0 Å². The Labute approximate surface area is 74.6 Å². The molecule has 0 amide bonds. The van der Waals surface area contributed by atoms with Gasteiger partial charge in [-0.15, -0.1) is 0 Å². The molecule has 0 bridgehead atoms. The SMILES string of the molecule is CC(C)=COCCOC1CCC1. The standard InChI is InChI=1S/C10H18O2/c1-9(2)8-11-6-7-12-10-4-3-5-10/h8,10H,3-7H2,1-2H3. The van der Waals surface area contributed by atoms with Gasteiger partial charge in [-0.05, 0) is 38.7 Å². The molecule has 0 saturated heterocycles. The molecule has 0 aromatic rings. The number of hydrogen-bond donors (Lipinski definition) is 0. The second-order valence-electron chi connectivity index (χ2n) is 3.49. The molecule has 0 heterocycles. The molecule has 0 N–H and O–H groups in total. The summed E-state index contributed by atoms with van der Waals surface area (Å²) in [6.45, 7) is 5.45. The van der Waals surface area contributed by atoms with Crippen molar-refractivity contribution in [2.45, 2.75) is 39.2 Å². The van der Waals surface area contributed by atoms with Crippen molar-refractivity contribution >= 4 is 0 Å². The van der Waals surface area contributed by atoms with Crippen LogP contribution in [-0.2, 0) is 9.47 Å². The van der Waals surface area contributed by atoms with Crippen LogP contribution < -0.4 is 0 Å². The molecule has 0 aromatic carbocycles. The second kappa shape index (κ2) is 5.20. The van der Waals surface area contributed by atoms with Crippen molar-refractivity contribution in [2.24, 2.45) is 0 Å². The summed E-state index contributed by atoms with van der Waals surface area (Å²) in [5.74, 6) is 0. The number of ether oxygens (including phenoxy) is 2. The van der Waals surface area contributed by atoms with Gasteiger partial charge in [0.2, 0.25) is 0 Å². The van der Waals surface area contributed by atoms with Crippen molar-refractivity contribution < 1.29 is 9.47 Å². The van der Waals surface area contributed by atoms with Gasteiger partial charge in [0.15, 0.2) is 0 Å². The van der Waals surface area contributed by atoms with Crippen molar-refractivity contribution in [3.05, 3.63) is 11.8 Å². The first-order chi connectivity index (χ1) is 5.79. The summed E-state index contributed by atoms with van der Waals surface area (Å²) in [7, 11) is 0. The Morgan fingerprint density at radius 1 is 1.33 bits per heavy atom. The van der Waals surface area contributed by atoms with Crippen LogP contribution in [0, 0.1) is 0 Å². The molecule has 12 heavy (non-hydrogen) atoms. The Kier molecular flexibility index (Phi) is 4.15. The van der Waals surface area contributed by atoms with Gasteiger partial charge >= 0.3 is 0 Å². The number of rotatable bonds is 5. The van der Waals surface area contributed by atoms with Crippen LogP contribution in [0.5, 0.6) is 0 Å². The maximum absolute atomic E-state index is 5.51. The van der Waals surface area contributed by atoms with Crippen molar-refractivity contribution in [1.29, 1.82) is 0 Å². The van der Waals surface area contributed by atoms with E-state index in [1.807, 2.05) is 13.8 Å². The minimum Gasteiger partial charge on any atom is -0.499 e. The van der Waals surface area contributed by atoms with E-state index in [4.69, 9.17) is 9.47 Å². The molecule has 1 fully saturated rings. The third kappa shape index (κ3) is 3.77. The van der Waals surface area contributed by atoms with Gasteiger partial charge in [-0.25, -0.2) is 0 Å². The van der Waals surface area contributed by atoms with E-state index in [0.29, 0.717) is 12.7 Å². The number of hydrogen-bond acceptors (Lipinski definition) is 2. The van der Waals surface area contributed by atoms with E-state index < -0.39 is 0 Å². The van der Waals surface area contributed by atoms with Gasteiger partial charge in [-0.3, -0.25) is 0 Å². The van der Waals surface area contributed by atoms with Crippen LogP contribution in [-0.4, -0.2) is 19.3 Å². The molecule has 1 aliphatic carbocycles. The molecule has 2 heteroatoms. The lowest BCUT2D eigenvalue weighted by Crippen LogP contribution is -2.23. The normalized spacial score (nSPS) is 16.8. The van der Waals surface area contributed by atoms with Gasteiger partial charge in [0.1, 0.15) is 6.61 Å². The van der Waals surface area contributed by atoms with E-state index in [9.17, 15) is 0 Å². The molecule has 0 aromatic heterocycles. The topological polar surface area (TPSA) is 18.5 Å². The summed E-state index contributed by atoms with van der Waals surface area (Å²) in [6.07, 6.45) is 6.12. The first-order valence-electron chi connectivity index (χ1n) is 4.65. The predicted molar refractivity (Wildman–Crippen MR) is 49.0 cm³/mol. The highest BCUT2D eigenvalue weighted by molar-refractivity contribution is 4.86. The lowest BCUT2D eigenvalue weighted by atomic mass is 9.96. The smallest absolute Gasteiger partial charge is 0.111 e. The zero-order valence-electron chi connectivity index (χ0n) is 8.01. The van der Waals surface area contributed by atoms with Gasteiger partial charge < -0.3 is 9.47 Å². The van der Waals surface area contributed by atoms with Gasteiger partial charge in [0.25, 0.3) is 0 Å². The molecule has 0 aliphatic heterocycles. The van der Waals surface area contributed by atoms with E-state index in [2.05, 4.69) is 0 Å². The van der Waals surface area contributed by atoms with Crippen LogP contribution in [0.3, 0.4) is 0 Å². The molecule has 1 aliphatic rings. The van der Waals surface area contributed by atoms with Crippen molar-refractivity contribution in [3.8, 4) is 0 Å². The van der Waals surface area contributed by atoms with E-state index in [1.165, 1.54) is 24.8 Å². The maximum atomic E-state index is 5.51. The Balaban J connectivity index is 1.85. The van der Waals surface area contributed by atoms with Crippen molar-refractivity contribution in [2.75, 3.05) is 13.2 Å². The predicted octanol–water partition coefficient (Wildman–Crippen LogP) is 2.50. The van der Waals surface area contributed by atoms with Crippen LogP contribution in [0.15, 0.2) is 11.8 Å². The van der Waals surface area contributed by atoms with Crippen LogP contribution in [0.1, 0.15) is 33.1 Å². The van der Waals surface area contributed by atoms with Crippen molar-refractivity contribution in [3.63, 3.8) is 0 Å². The van der Waals surface area contributed by atoms with E-state index in [0.717, 1.165) is 6.61 Å². The van der Waals surface area contributed by atoms with Crippen LogP contribution in [0.25, 0.3) is 0 Å². The minimum atomic E-state index is 0.528. The maximum Gasteiger partial charge on any atom is 0.111 e. The molecule has 2 nitrogen and oxygen atoms in total. The molecule has 0 unspecified atom stereocenters. The van der Waals surface area contributed by atoms with Gasteiger partial charge in [-0.2, -0.15) is 0 Å². The molecule has 0 spiro atoms. The van der Waals surface area contributed by atoms with Crippen LogP contribution in [0.2, 0.25) is 0 Å². The zero-order chi connectivity index (χ0) is 8.81. The fourth-order valence-corrected chi connectivity index (χ4v) is 1.03. The monoisotopic (exact) mass is 170 g/mol. The summed E-state index contributed by atoms with van der Waals surface area (Å²) in [4.78, 5) is 0. The summed E-state index contributed by atoms with van der Waals surface area (Å²) in [5, 5.41) is 0. The Morgan fingerprint density at radius 2 is 2.08 bits per heavy atom. The highest BCUT2D eigenvalue weighted by atomic mass is 16.5. The fourth-order valence-electron chi connectivity index (χ4n) is 1.03. The third-order valence-corrected chi connectivity index (χ3v) is 1.93. The highest BCUT2D eigenvalue weighted by Gasteiger charge is 2.16. The average molecular weight is 170 g/mol. The summed E-state index contributed by atoms with van der Waals surface area (Å²) >= 11 is 0. The van der Waals surface area contributed by atoms with Gasteiger partial charge in [0, 0.05) is 0 Å². The molecular weight excluding hydrogens is 152 g/mol. The fraction of sp³-hybridized carbons (Fsp3) is 0.800. The molecule has 70 valence electrons. The lowest BCUT2D eigenvalue weighted by molar-refractivity contribution is -0.0161. The molecule has 1 saturated carbocycles. The largest absolute Gasteiger partial charge is 0.499 e. The van der Waals surface area contributed by atoms with Crippen LogP contribution in [0.4, 0.5) is 0 Å². The average Bonchev–Trinajstić information content (AvgIpc) is 1.92. The first-order valence-corrected chi connectivity index (χ1v) is 4.65. The molecule has 0 radical (unpaired) electrons. The highest BCUT2D eigenvalue weighted by Crippen LogP contribution is 2.21. The van der Waals surface area contributed by atoms with Gasteiger partial charge in [-0.1, -0.05) is 0 Å². The van der Waals surface area contributed by atoms with Crippen LogP contribution >= 0.6 is 0 Å². The van der Waals surface area contributed by atoms with E-state index in [1.54, 1.807) is 6.26 Å². The zero-order valence-corrected chi connectivity index (χ0v) is 8.01. The summed E-state index contributed by atoms with van der Waals surface area (Å²) in [5.41, 5.74) is 1.19. The molecule has 1 rings (SSSR count). The minimum absolute atomic E-state index is 0.528. The lowest BCUT2D eigenvalue weighted by Gasteiger charge is -2.25. The Hall–Kier alpha value is -0.500. The first kappa shape index (κ1) is 9.59. The second-order valence-corrected chi connectivity index (χ2v) is 3.49. The Bertz CT molecular complexity index is 144.